The molecule has 0 fully saturated rings. The highest BCUT2D eigenvalue weighted by molar-refractivity contribution is 5.73. The molecule has 164 valence electrons. The summed E-state index contributed by atoms with van der Waals surface area (Å²) in [4.78, 5) is 12.3. The molecule has 7 nitrogen and oxygen atoms in total. The van der Waals surface area contributed by atoms with E-state index in [-0.39, 0.29) is 18.3 Å². The monoisotopic (exact) mass is 436 g/mol. The van der Waals surface area contributed by atoms with Gasteiger partial charge in [-0.1, -0.05) is 18.2 Å². The van der Waals surface area contributed by atoms with Gasteiger partial charge in [-0.25, -0.2) is 22.9 Å². The summed E-state index contributed by atoms with van der Waals surface area (Å²) >= 11 is 0. The van der Waals surface area contributed by atoms with Crippen LogP contribution in [0.3, 0.4) is 0 Å². The number of carbonyl (C=O) groups is 1. The summed E-state index contributed by atoms with van der Waals surface area (Å²) in [7, 11) is 0. The molecule has 4 aromatic rings. The Balaban J connectivity index is 1.35. The molecule has 0 spiro atoms. The Morgan fingerprint density at radius 1 is 1.03 bits per heavy atom. The SMILES string of the molecule is Cc1nn(-c2ccccc2)c(C)c1CNC(=O)NCc1cnn(-c2ccc(F)cc2F)c1. The molecule has 0 atom stereocenters. The summed E-state index contributed by atoms with van der Waals surface area (Å²) in [5, 5.41) is 14.2. The van der Waals surface area contributed by atoms with Crippen molar-refractivity contribution in [2.75, 3.05) is 0 Å². The molecule has 0 aliphatic carbocycles. The van der Waals surface area contributed by atoms with Crippen LogP contribution in [0.1, 0.15) is 22.5 Å². The molecule has 0 bridgehead atoms. The molecule has 2 amide bonds. The Labute approximate surface area is 183 Å². The third-order valence-electron chi connectivity index (χ3n) is 5.11. The fraction of sp³-hybridized carbons (Fsp3) is 0.174. The lowest BCUT2D eigenvalue weighted by Crippen LogP contribution is -2.34. The van der Waals surface area contributed by atoms with Gasteiger partial charge in [-0.3, -0.25) is 0 Å². The number of amides is 2. The minimum Gasteiger partial charge on any atom is -0.334 e. The standard InChI is InChI=1S/C23H22F2N6O/c1-15-20(16(2)31(29-15)19-6-4-3-5-7-19)13-27-23(32)26-11-17-12-28-30(14-17)22-9-8-18(24)10-21(22)25/h3-10,12,14H,11,13H2,1-2H3,(H2,26,27,32). The number of benzene rings is 2. The van der Waals surface area contributed by atoms with Crippen LogP contribution in [0.5, 0.6) is 0 Å². The molecule has 2 N–H and O–H groups in total. The van der Waals surface area contributed by atoms with Gasteiger partial charge in [-0.2, -0.15) is 10.2 Å². The Hall–Kier alpha value is -4.01. The third kappa shape index (κ3) is 4.51. The zero-order chi connectivity index (χ0) is 22.7. The molecule has 2 aromatic heterocycles. The van der Waals surface area contributed by atoms with Crippen LogP contribution < -0.4 is 10.6 Å². The molecule has 0 aliphatic heterocycles. The summed E-state index contributed by atoms with van der Waals surface area (Å²) in [6.45, 7) is 4.40. The van der Waals surface area contributed by atoms with Gasteiger partial charge in [0.15, 0.2) is 5.82 Å². The first kappa shape index (κ1) is 21.2. The number of hydrogen-bond acceptors (Lipinski definition) is 3. The van der Waals surface area contributed by atoms with Crippen molar-refractivity contribution in [3.05, 3.63) is 95.1 Å². The largest absolute Gasteiger partial charge is 0.334 e. The van der Waals surface area contributed by atoms with Gasteiger partial charge >= 0.3 is 6.03 Å². The van der Waals surface area contributed by atoms with Gasteiger partial charge in [-0.05, 0) is 38.1 Å². The number of urea groups is 1. The quantitative estimate of drug-likeness (QED) is 0.481. The topological polar surface area (TPSA) is 76.8 Å². The fourth-order valence-electron chi connectivity index (χ4n) is 3.42. The smallest absolute Gasteiger partial charge is 0.315 e. The van der Waals surface area contributed by atoms with Crippen LogP contribution in [0.4, 0.5) is 13.6 Å². The maximum atomic E-state index is 13.9. The van der Waals surface area contributed by atoms with Gasteiger partial charge in [0.05, 0.1) is 17.6 Å². The molecule has 32 heavy (non-hydrogen) atoms. The zero-order valence-electron chi connectivity index (χ0n) is 17.6. The van der Waals surface area contributed by atoms with Crippen molar-refractivity contribution in [3.63, 3.8) is 0 Å². The van der Waals surface area contributed by atoms with Crippen molar-refractivity contribution in [2.24, 2.45) is 0 Å². The van der Waals surface area contributed by atoms with Crippen LogP contribution in [0.2, 0.25) is 0 Å². The van der Waals surface area contributed by atoms with E-state index in [0.29, 0.717) is 12.1 Å². The van der Waals surface area contributed by atoms with Gasteiger partial charge in [0.2, 0.25) is 0 Å². The molecule has 9 heteroatoms. The minimum atomic E-state index is -0.716. The second-order valence-electron chi connectivity index (χ2n) is 7.32. The van der Waals surface area contributed by atoms with Crippen molar-refractivity contribution in [1.82, 2.24) is 30.2 Å². The third-order valence-corrected chi connectivity index (χ3v) is 5.11. The van der Waals surface area contributed by atoms with Gasteiger partial charge in [0.25, 0.3) is 0 Å². The van der Waals surface area contributed by atoms with E-state index in [4.69, 9.17) is 0 Å². The molecule has 2 heterocycles. The number of aryl methyl sites for hydroxylation is 1. The van der Waals surface area contributed by atoms with E-state index >= 15 is 0 Å². The van der Waals surface area contributed by atoms with Crippen LogP contribution in [0, 0.1) is 25.5 Å². The second kappa shape index (κ2) is 9.01. The van der Waals surface area contributed by atoms with E-state index in [9.17, 15) is 13.6 Å². The van der Waals surface area contributed by atoms with Crippen molar-refractivity contribution in [3.8, 4) is 11.4 Å². The first-order valence-corrected chi connectivity index (χ1v) is 10.0. The number of halogens is 2. The molecule has 0 saturated carbocycles. The van der Waals surface area contributed by atoms with Crippen LogP contribution in [0.15, 0.2) is 60.9 Å². The van der Waals surface area contributed by atoms with E-state index in [1.165, 1.54) is 16.9 Å². The molecular formula is C23H22F2N6O. The number of nitrogens with zero attached hydrogens (tertiary/aromatic N) is 4. The van der Waals surface area contributed by atoms with Crippen molar-refractivity contribution < 1.29 is 13.6 Å². The summed E-state index contributed by atoms with van der Waals surface area (Å²) in [5.74, 6) is -1.37. The van der Waals surface area contributed by atoms with Gasteiger partial charge in [0, 0.05) is 42.2 Å². The summed E-state index contributed by atoms with van der Waals surface area (Å²) in [5.41, 5.74) is 4.50. The van der Waals surface area contributed by atoms with Crippen LogP contribution in [0.25, 0.3) is 11.4 Å². The maximum Gasteiger partial charge on any atom is 0.315 e. The molecule has 4 rings (SSSR count). The minimum absolute atomic E-state index is 0.128. The molecule has 0 saturated heterocycles. The predicted molar refractivity (Wildman–Crippen MR) is 116 cm³/mol. The number of carbonyl (C=O) groups excluding carboxylic acids is 1. The lowest BCUT2D eigenvalue weighted by molar-refractivity contribution is 0.240. The Kier molecular flexibility index (Phi) is 5.98. The van der Waals surface area contributed by atoms with E-state index in [1.54, 1.807) is 6.20 Å². The summed E-state index contributed by atoms with van der Waals surface area (Å²) in [6, 6.07) is 12.7. The zero-order valence-corrected chi connectivity index (χ0v) is 17.6. The van der Waals surface area contributed by atoms with Gasteiger partial charge in [0.1, 0.15) is 11.5 Å². The lowest BCUT2D eigenvalue weighted by Gasteiger charge is -2.08. The average molecular weight is 436 g/mol. The molecule has 0 aliphatic rings. The number of aromatic nitrogens is 4. The average Bonchev–Trinajstić information content (AvgIpc) is 3.36. The molecule has 0 unspecified atom stereocenters. The second-order valence-corrected chi connectivity index (χ2v) is 7.32. The van der Waals surface area contributed by atoms with Crippen LogP contribution in [-0.4, -0.2) is 25.6 Å². The molecule has 2 aromatic carbocycles. The Bertz CT molecular complexity index is 1250. The highest BCUT2D eigenvalue weighted by Gasteiger charge is 2.14. The van der Waals surface area contributed by atoms with E-state index in [1.807, 2.05) is 48.9 Å². The predicted octanol–water partition coefficient (Wildman–Crippen LogP) is 3.95. The fourth-order valence-corrected chi connectivity index (χ4v) is 3.42. The number of rotatable bonds is 6. The first-order chi connectivity index (χ1) is 15.4. The van der Waals surface area contributed by atoms with Gasteiger partial charge < -0.3 is 10.6 Å². The number of nitrogens with one attached hydrogen (secondary N) is 2. The summed E-state index contributed by atoms with van der Waals surface area (Å²) < 4.78 is 30.1. The highest BCUT2D eigenvalue weighted by atomic mass is 19.1. The van der Waals surface area contributed by atoms with Gasteiger partial charge in [-0.15, -0.1) is 0 Å². The molecular weight excluding hydrogens is 414 g/mol. The normalized spacial score (nSPS) is 10.9. The molecule has 0 radical (unpaired) electrons. The van der Waals surface area contributed by atoms with E-state index < -0.39 is 11.6 Å². The Morgan fingerprint density at radius 2 is 1.78 bits per heavy atom. The highest BCUT2D eigenvalue weighted by Crippen LogP contribution is 2.18. The van der Waals surface area contributed by atoms with Crippen LogP contribution >= 0.6 is 0 Å². The Morgan fingerprint density at radius 3 is 2.53 bits per heavy atom. The first-order valence-electron chi connectivity index (χ1n) is 10.0. The number of hydrogen-bond donors (Lipinski definition) is 2. The lowest BCUT2D eigenvalue weighted by atomic mass is 10.2. The van der Waals surface area contributed by atoms with Crippen molar-refractivity contribution in [2.45, 2.75) is 26.9 Å². The van der Waals surface area contributed by atoms with Crippen molar-refractivity contribution in [1.29, 1.82) is 0 Å². The number of para-hydroxylation sites is 1. The van der Waals surface area contributed by atoms with E-state index in [0.717, 1.165) is 34.8 Å². The summed E-state index contributed by atoms with van der Waals surface area (Å²) in [6.07, 6.45) is 3.09. The van der Waals surface area contributed by atoms with Crippen LogP contribution in [-0.2, 0) is 13.1 Å². The maximum absolute atomic E-state index is 13.9. The van der Waals surface area contributed by atoms with E-state index in [2.05, 4.69) is 20.8 Å². The van der Waals surface area contributed by atoms with Crippen molar-refractivity contribution >= 4 is 6.03 Å².